The van der Waals surface area contributed by atoms with Gasteiger partial charge in [-0.1, -0.05) is 0 Å². The van der Waals surface area contributed by atoms with Gasteiger partial charge in [0.1, 0.15) is 6.04 Å². The summed E-state index contributed by atoms with van der Waals surface area (Å²) in [6, 6.07) is -0.795. The zero-order chi connectivity index (χ0) is 12.7. The molecule has 0 saturated heterocycles. The molecule has 0 aliphatic carbocycles. The van der Waals surface area contributed by atoms with Crippen LogP contribution in [-0.2, 0) is 9.53 Å². The van der Waals surface area contributed by atoms with Crippen molar-refractivity contribution in [3.8, 4) is 0 Å². The quantitative estimate of drug-likeness (QED) is 0.510. The van der Waals surface area contributed by atoms with Crippen LogP contribution < -0.4 is 10.6 Å². The number of nitrogens with one attached hydrogen (secondary N) is 2. The fourth-order valence-electron chi connectivity index (χ4n) is 0.804. The summed E-state index contributed by atoms with van der Waals surface area (Å²) in [5, 5.41) is 4.64. The Balaban J connectivity index is 4.04. The fraction of sp³-hybridized carbons (Fsp3) is 0.750. The van der Waals surface area contributed by atoms with E-state index in [1.54, 1.807) is 6.92 Å². The van der Waals surface area contributed by atoms with Crippen LogP contribution in [0.25, 0.3) is 0 Å². The molecule has 8 heteroatoms. The van der Waals surface area contributed by atoms with Crippen molar-refractivity contribution in [2.45, 2.75) is 32.6 Å². The van der Waals surface area contributed by atoms with Gasteiger partial charge in [0, 0.05) is 0 Å². The molecule has 0 aromatic heterocycles. The van der Waals surface area contributed by atoms with Gasteiger partial charge >= 0.3 is 6.09 Å². The largest absolute Gasteiger partial charge is 0.450 e. The lowest BCUT2D eigenvalue weighted by atomic mass is 10.3. The van der Waals surface area contributed by atoms with Gasteiger partial charge in [-0.2, -0.15) is 0 Å². The van der Waals surface area contributed by atoms with Crippen LogP contribution in [-0.4, -0.2) is 40.2 Å². The number of carbonyl (C=O) groups is 2. The Bertz CT molecular complexity index is 249. The molecule has 0 rings (SSSR count). The molecule has 0 saturated carbocycles. The lowest BCUT2D eigenvalue weighted by Crippen LogP contribution is -2.47. The molecular formula is C8H17N2O5P. The molecule has 0 radical (unpaired) electrons. The predicted octanol–water partition coefficient (Wildman–Crippen LogP) is -0.120. The van der Waals surface area contributed by atoms with Crippen molar-refractivity contribution in [2.75, 3.05) is 6.61 Å². The van der Waals surface area contributed by atoms with Crippen molar-refractivity contribution in [1.82, 2.24) is 10.6 Å². The SMILES string of the molecule is CCOC(=O)N[C@@H](C)C(=O)NC(C)P(O)O. The highest BCUT2D eigenvalue weighted by molar-refractivity contribution is 7.45. The Labute approximate surface area is 95.1 Å². The van der Waals surface area contributed by atoms with Crippen LogP contribution in [0.4, 0.5) is 4.79 Å². The van der Waals surface area contributed by atoms with E-state index in [-0.39, 0.29) is 6.61 Å². The van der Waals surface area contributed by atoms with Crippen LogP contribution in [0.15, 0.2) is 0 Å². The number of hydrogen-bond donors (Lipinski definition) is 4. The average Bonchev–Trinajstić information content (AvgIpc) is 2.17. The number of rotatable bonds is 5. The Morgan fingerprint density at radius 1 is 1.31 bits per heavy atom. The number of ether oxygens (including phenoxy) is 1. The molecule has 2 amide bonds. The molecule has 0 spiro atoms. The summed E-state index contributed by atoms with van der Waals surface area (Å²) in [5.41, 5.74) is 0. The molecule has 16 heavy (non-hydrogen) atoms. The smallest absolute Gasteiger partial charge is 0.407 e. The van der Waals surface area contributed by atoms with Crippen molar-refractivity contribution in [2.24, 2.45) is 0 Å². The Morgan fingerprint density at radius 2 is 1.88 bits per heavy atom. The van der Waals surface area contributed by atoms with Gasteiger partial charge < -0.3 is 25.2 Å². The first-order chi connectivity index (χ1) is 7.38. The summed E-state index contributed by atoms with van der Waals surface area (Å²) < 4.78 is 4.59. The minimum absolute atomic E-state index is 0.217. The lowest BCUT2D eigenvalue weighted by molar-refractivity contribution is -0.122. The predicted molar refractivity (Wildman–Crippen MR) is 58.6 cm³/mol. The van der Waals surface area contributed by atoms with Gasteiger partial charge in [-0.15, -0.1) is 0 Å². The monoisotopic (exact) mass is 252 g/mol. The van der Waals surface area contributed by atoms with Crippen molar-refractivity contribution < 1.29 is 24.1 Å². The topological polar surface area (TPSA) is 108 Å². The molecule has 2 atom stereocenters. The molecule has 1 unspecified atom stereocenters. The summed E-state index contributed by atoms with van der Waals surface area (Å²) in [6.07, 6.45) is -0.687. The van der Waals surface area contributed by atoms with Gasteiger partial charge in [-0.25, -0.2) is 4.79 Å². The van der Waals surface area contributed by atoms with E-state index in [0.29, 0.717) is 0 Å². The zero-order valence-electron chi connectivity index (χ0n) is 9.43. The van der Waals surface area contributed by atoms with Gasteiger partial charge in [0.05, 0.1) is 12.4 Å². The first-order valence-corrected chi connectivity index (χ1v) is 6.10. The molecule has 0 aliphatic heterocycles. The number of amides is 2. The molecule has 0 fully saturated rings. The number of hydrogen-bond acceptors (Lipinski definition) is 5. The van der Waals surface area contributed by atoms with Crippen molar-refractivity contribution in [3.05, 3.63) is 0 Å². The van der Waals surface area contributed by atoms with Crippen LogP contribution in [0.3, 0.4) is 0 Å². The van der Waals surface area contributed by atoms with Crippen LogP contribution in [0.5, 0.6) is 0 Å². The van der Waals surface area contributed by atoms with E-state index < -0.39 is 32.2 Å². The maximum Gasteiger partial charge on any atom is 0.407 e. The summed E-state index contributed by atoms with van der Waals surface area (Å²) in [6.45, 7) is 4.79. The minimum atomic E-state index is -2.22. The van der Waals surface area contributed by atoms with Gasteiger partial charge in [-0.3, -0.25) is 4.79 Å². The molecule has 0 aromatic rings. The van der Waals surface area contributed by atoms with E-state index in [9.17, 15) is 9.59 Å². The third-order valence-corrected chi connectivity index (χ3v) is 2.52. The van der Waals surface area contributed by atoms with Crippen molar-refractivity contribution in [1.29, 1.82) is 0 Å². The van der Waals surface area contributed by atoms with Crippen LogP contribution >= 0.6 is 8.38 Å². The van der Waals surface area contributed by atoms with Gasteiger partial charge in [0.25, 0.3) is 0 Å². The molecule has 7 nitrogen and oxygen atoms in total. The van der Waals surface area contributed by atoms with E-state index >= 15 is 0 Å². The summed E-state index contributed by atoms with van der Waals surface area (Å²) in [4.78, 5) is 40.0. The molecule has 0 heterocycles. The maximum atomic E-state index is 11.4. The molecule has 94 valence electrons. The number of carbonyl (C=O) groups excluding carboxylic acids is 2. The Kier molecular flexibility index (Phi) is 6.96. The normalized spacial score (nSPS) is 14.1. The van der Waals surface area contributed by atoms with Gasteiger partial charge in [-0.05, 0) is 20.8 Å². The second-order valence-electron chi connectivity index (χ2n) is 3.09. The Hall–Kier alpha value is -0.910. The standard InChI is InChI=1S/C8H17N2O5P/c1-4-15-8(12)9-5(2)7(11)10-6(3)16(13)14/h5-6,13-14H,4H2,1-3H3,(H,9,12)(H,10,11)/t5-,6?/m0/s1. The van der Waals surface area contributed by atoms with Crippen LogP contribution in [0.2, 0.25) is 0 Å². The third-order valence-electron chi connectivity index (χ3n) is 1.70. The highest BCUT2D eigenvalue weighted by atomic mass is 31.2. The van der Waals surface area contributed by atoms with Crippen molar-refractivity contribution >= 4 is 20.4 Å². The van der Waals surface area contributed by atoms with Gasteiger partial charge in [0.15, 0.2) is 8.38 Å². The second kappa shape index (κ2) is 7.38. The highest BCUT2D eigenvalue weighted by Gasteiger charge is 2.20. The lowest BCUT2D eigenvalue weighted by Gasteiger charge is -2.18. The molecular weight excluding hydrogens is 235 g/mol. The van der Waals surface area contributed by atoms with Crippen molar-refractivity contribution in [3.63, 3.8) is 0 Å². The number of alkyl carbamates (subject to hydrolysis) is 1. The second-order valence-corrected chi connectivity index (χ2v) is 4.51. The third kappa shape index (κ3) is 5.85. The average molecular weight is 252 g/mol. The van der Waals surface area contributed by atoms with Gasteiger partial charge in [0.2, 0.25) is 5.91 Å². The molecule has 0 bridgehead atoms. The Morgan fingerprint density at radius 3 is 2.31 bits per heavy atom. The van der Waals surface area contributed by atoms with E-state index in [4.69, 9.17) is 9.79 Å². The van der Waals surface area contributed by atoms with Crippen LogP contribution in [0.1, 0.15) is 20.8 Å². The molecule has 4 N–H and O–H groups in total. The van der Waals surface area contributed by atoms with E-state index in [0.717, 1.165) is 0 Å². The highest BCUT2D eigenvalue weighted by Crippen LogP contribution is 2.27. The molecule has 0 aromatic carbocycles. The molecule has 0 aliphatic rings. The maximum absolute atomic E-state index is 11.4. The van der Waals surface area contributed by atoms with E-state index in [1.165, 1.54) is 13.8 Å². The zero-order valence-corrected chi connectivity index (χ0v) is 10.3. The summed E-state index contributed by atoms with van der Waals surface area (Å²) in [5.74, 6) is -1.25. The minimum Gasteiger partial charge on any atom is -0.450 e. The fourth-order valence-corrected chi connectivity index (χ4v) is 1.05. The first-order valence-electron chi connectivity index (χ1n) is 4.79. The summed E-state index contributed by atoms with van der Waals surface area (Å²) >= 11 is 0. The summed E-state index contributed by atoms with van der Waals surface area (Å²) in [7, 11) is -2.22. The van der Waals surface area contributed by atoms with Crippen LogP contribution in [0, 0.1) is 0 Å². The first kappa shape index (κ1) is 15.1. The van der Waals surface area contributed by atoms with E-state index in [1.807, 2.05) is 0 Å². The van der Waals surface area contributed by atoms with E-state index in [2.05, 4.69) is 15.4 Å².